The van der Waals surface area contributed by atoms with Crippen molar-refractivity contribution in [2.75, 3.05) is 0 Å². The molecule has 0 aliphatic heterocycles. The lowest BCUT2D eigenvalue weighted by Gasteiger charge is -2.16. The summed E-state index contributed by atoms with van der Waals surface area (Å²) in [7, 11) is 0. The third kappa shape index (κ3) is 2.04. The summed E-state index contributed by atoms with van der Waals surface area (Å²) >= 11 is 0. The number of nitrogens with zero attached hydrogens (tertiary/aromatic N) is 2. The van der Waals surface area contributed by atoms with Crippen LogP contribution in [0.15, 0.2) is 36.5 Å². The maximum absolute atomic E-state index is 9.84. The van der Waals surface area contributed by atoms with E-state index in [4.69, 9.17) is 4.98 Å². The molecule has 3 aromatic rings. The van der Waals surface area contributed by atoms with E-state index in [1.165, 1.54) is 30.4 Å². The molecule has 22 heavy (non-hydrogen) atoms. The summed E-state index contributed by atoms with van der Waals surface area (Å²) < 4.78 is 2.00. The second kappa shape index (κ2) is 5.25. The summed E-state index contributed by atoms with van der Waals surface area (Å²) in [6.45, 7) is 2.05. The van der Waals surface area contributed by atoms with Gasteiger partial charge in [-0.25, -0.2) is 4.98 Å². The molecule has 0 atom stereocenters. The maximum Gasteiger partial charge on any atom is 0.140 e. The highest BCUT2D eigenvalue weighted by Gasteiger charge is 2.16. The van der Waals surface area contributed by atoms with Crippen LogP contribution in [0.25, 0.3) is 16.9 Å². The highest BCUT2D eigenvalue weighted by Crippen LogP contribution is 2.30. The van der Waals surface area contributed by atoms with Gasteiger partial charge in [-0.2, -0.15) is 0 Å². The molecule has 4 rings (SSSR count). The molecule has 0 spiro atoms. The van der Waals surface area contributed by atoms with Crippen LogP contribution in [-0.4, -0.2) is 14.5 Å². The van der Waals surface area contributed by atoms with E-state index in [2.05, 4.69) is 31.2 Å². The van der Waals surface area contributed by atoms with Crippen molar-refractivity contribution in [2.45, 2.75) is 39.2 Å². The molecular weight excluding hydrogens is 272 g/mol. The van der Waals surface area contributed by atoms with Crippen LogP contribution < -0.4 is 0 Å². The standard InChI is InChI=1S/C19H20N2O/c1-13-5-4-10-21-17(12-22)18(20-19(13)21)16-9-8-14-6-2-3-7-15(14)11-16/h4-5,8-11,22H,2-3,6-7,12H2,1H3. The Bertz CT molecular complexity index is 848. The van der Waals surface area contributed by atoms with E-state index < -0.39 is 0 Å². The second-order valence-corrected chi connectivity index (χ2v) is 6.14. The number of aryl methyl sites for hydroxylation is 3. The van der Waals surface area contributed by atoms with Crippen LogP contribution in [0.5, 0.6) is 0 Å². The summed E-state index contributed by atoms with van der Waals surface area (Å²) in [6.07, 6.45) is 6.88. The van der Waals surface area contributed by atoms with E-state index in [-0.39, 0.29) is 6.61 Å². The Morgan fingerprint density at radius 3 is 2.77 bits per heavy atom. The summed E-state index contributed by atoms with van der Waals surface area (Å²) in [5, 5.41) is 9.84. The number of aliphatic hydroxyl groups is 1. The van der Waals surface area contributed by atoms with Gasteiger partial charge in [-0.05, 0) is 61.4 Å². The van der Waals surface area contributed by atoms with Gasteiger partial charge < -0.3 is 9.51 Å². The lowest BCUT2D eigenvalue weighted by molar-refractivity contribution is 0.276. The van der Waals surface area contributed by atoms with Crippen molar-refractivity contribution < 1.29 is 5.11 Å². The Morgan fingerprint density at radius 2 is 1.95 bits per heavy atom. The highest BCUT2D eigenvalue weighted by molar-refractivity contribution is 5.69. The molecule has 112 valence electrons. The van der Waals surface area contributed by atoms with Crippen molar-refractivity contribution in [1.29, 1.82) is 0 Å². The summed E-state index contributed by atoms with van der Waals surface area (Å²) in [4.78, 5) is 4.81. The van der Waals surface area contributed by atoms with Gasteiger partial charge in [0.05, 0.1) is 18.0 Å². The Kier molecular flexibility index (Phi) is 3.23. The van der Waals surface area contributed by atoms with Crippen molar-refractivity contribution >= 4 is 5.65 Å². The normalized spacial score (nSPS) is 14.3. The molecule has 1 aliphatic carbocycles. The number of rotatable bonds is 2. The number of fused-ring (bicyclic) bond motifs is 2. The number of pyridine rings is 1. The first-order valence-electron chi connectivity index (χ1n) is 7.97. The molecule has 0 amide bonds. The lowest BCUT2D eigenvalue weighted by Crippen LogP contribution is -2.02. The Morgan fingerprint density at radius 1 is 1.14 bits per heavy atom. The molecule has 0 unspecified atom stereocenters. The molecule has 0 saturated carbocycles. The minimum absolute atomic E-state index is 0.00294. The molecule has 1 aliphatic rings. The number of hydrogen-bond acceptors (Lipinski definition) is 2. The average molecular weight is 292 g/mol. The molecule has 3 nitrogen and oxygen atoms in total. The van der Waals surface area contributed by atoms with E-state index in [0.717, 1.165) is 34.6 Å². The third-order valence-corrected chi connectivity index (χ3v) is 4.72. The fourth-order valence-electron chi connectivity index (χ4n) is 3.52. The SMILES string of the molecule is Cc1cccn2c(CO)c(-c3ccc4c(c3)CCCC4)nc12. The third-order valence-electron chi connectivity index (χ3n) is 4.72. The summed E-state index contributed by atoms with van der Waals surface area (Å²) in [5.74, 6) is 0. The van der Waals surface area contributed by atoms with Crippen LogP contribution in [-0.2, 0) is 19.4 Å². The van der Waals surface area contributed by atoms with Crippen molar-refractivity contribution in [2.24, 2.45) is 0 Å². The summed E-state index contributed by atoms with van der Waals surface area (Å²) in [5.41, 5.74) is 7.87. The van der Waals surface area contributed by atoms with E-state index in [1.54, 1.807) is 0 Å². The molecular formula is C19H20N2O. The van der Waals surface area contributed by atoms with E-state index in [1.807, 2.05) is 16.7 Å². The minimum Gasteiger partial charge on any atom is -0.390 e. The van der Waals surface area contributed by atoms with E-state index >= 15 is 0 Å². The van der Waals surface area contributed by atoms with Gasteiger partial charge in [-0.15, -0.1) is 0 Å². The van der Waals surface area contributed by atoms with Gasteiger partial charge in [-0.3, -0.25) is 0 Å². The first-order valence-corrected chi connectivity index (χ1v) is 7.97. The van der Waals surface area contributed by atoms with Crippen molar-refractivity contribution in [3.63, 3.8) is 0 Å². The minimum atomic E-state index is -0.00294. The largest absolute Gasteiger partial charge is 0.390 e. The van der Waals surface area contributed by atoms with E-state index in [9.17, 15) is 5.11 Å². The van der Waals surface area contributed by atoms with Gasteiger partial charge in [0.1, 0.15) is 5.65 Å². The molecule has 1 aromatic carbocycles. The maximum atomic E-state index is 9.84. The molecule has 2 aromatic heterocycles. The summed E-state index contributed by atoms with van der Waals surface area (Å²) in [6, 6.07) is 10.7. The van der Waals surface area contributed by atoms with Gasteiger partial charge in [0, 0.05) is 11.8 Å². The quantitative estimate of drug-likeness (QED) is 0.782. The molecule has 3 heteroatoms. The molecule has 0 fully saturated rings. The van der Waals surface area contributed by atoms with Crippen LogP contribution in [0.2, 0.25) is 0 Å². The number of hydrogen-bond donors (Lipinski definition) is 1. The van der Waals surface area contributed by atoms with Gasteiger partial charge in [0.25, 0.3) is 0 Å². The zero-order valence-corrected chi connectivity index (χ0v) is 12.8. The number of imidazole rings is 1. The van der Waals surface area contributed by atoms with Crippen LogP contribution in [0.4, 0.5) is 0 Å². The first kappa shape index (κ1) is 13.5. The number of aliphatic hydroxyl groups excluding tert-OH is 1. The van der Waals surface area contributed by atoms with Crippen molar-refractivity contribution in [3.05, 3.63) is 58.9 Å². The molecule has 1 N–H and O–H groups in total. The predicted octanol–water partition coefficient (Wildman–Crippen LogP) is 3.68. The van der Waals surface area contributed by atoms with E-state index in [0.29, 0.717) is 0 Å². The zero-order chi connectivity index (χ0) is 15.1. The smallest absolute Gasteiger partial charge is 0.140 e. The van der Waals surface area contributed by atoms with Crippen molar-refractivity contribution in [1.82, 2.24) is 9.38 Å². The fourth-order valence-corrected chi connectivity index (χ4v) is 3.52. The molecule has 0 saturated heterocycles. The Hall–Kier alpha value is -2.13. The van der Waals surface area contributed by atoms with Gasteiger partial charge >= 0.3 is 0 Å². The first-order chi connectivity index (χ1) is 10.8. The monoisotopic (exact) mass is 292 g/mol. The van der Waals surface area contributed by atoms with Gasteiger partial charge in [0.15, 0.2) is 0 Å². The molecule has 0 bridgehead atoms. The highest BCUT2D eigenvalue weighted by atomic mass is 16.3. The Balaban J connectivity index is 1.92. The second-order valence-electron chi connectivity index (χ2n) is 6.14. The molecule has 2 heterocycles. The topological polar surface area (TPSA) is 37.5 Å². The van der Waals surface area contributed by atoms with Crippen LogP contribution in [0.3, 0.4) is 0 Å². The zero-order valence-electron chi connectivity index (χ0n) is 12.8. The van der Waals surface area contributed by atoms with Crippen LogP contribution >= 0.6 is 0 Å². The number of aromatic nitrogens is 2. The Labute approximate surface area is 130 Å². The van der Waals surface area contributed by atoms with Crippen molar-refractivity contribution in [3.8, 4) is 11.3 Å². The predicted molar refractivity (Wildman–Crippen MR) is 87.9 cm³/mol. The van der Waals surface area contributed by atoms with Crippen LogP contribution in [0, 0.1) is 6.92 Å². The average Bonchev–Trinajstić information content (AvgIpc) is 2.94. The van der Waals surface area contributed by atoms with Gasteiger partial charge in [0.2, 0.25) is 0 Å². The number of benzene rings is 1. The fraction of sp³-hybridized carbons (Fsp3) is 0.316. The van der Waals surface area contributed by atoms with Crippen LogP contribution in [0.1, 0.15) is 35.2 Å². The lowest BCUT2D eigenvalue weighted by atomic mass is 9.90. The molecule has 0 radical (unpaired) electrons. The van der Waals surface area contributed by atoms with Gasteiger partial charge in [-0.1, -0.05) is 18.2 Å².